The highest BCUT2D eigenvalue weighted by atomic mass is 79.9. The standard InChI is InChI=1S/C15H9BrN2O2/c1-19-15-6-10(8-17)2-5-14(15)20-12-4-3-11(9-18)13(16)7-12/h2-7H,1H3. The van der Waals surface area contributed by atoms with E-state index >= 15 is 0 Å². The maximum absolute atomic E-state index is 8.87. The number of hydrogen-bond acceptors (Lipinski definition) is 4. The molecule has 98 valence electrons. The Morgan fingerprint density at radius 3 is 2.40 bits per heavy atom. The minimum Gasteiger partial charge on any atom is -0.493 e. The minimum absolute atomic E-state index is 0.476. The first-order valence-corrected chi connectivity index (χ1v) is 6.43. The van der Waals surface area contributed by atoms with Gasteiger partial charge in [0, 0.05) is 10.5 Å². The van der Waals surface area contributed by atoms with Gasteiger partial charge in [-0.3, -0.25) is 0 Å². The molecule has 0 heterocycles. The fraction of sp³-hybridized carbons (Fsp3) is 0.0667. The second-order valence-corrected chi connectivity index (χ2v) is 4.69. The lowest BCUT2D eigenvalue weighted by atomic mass is 10.2. The molecule has 0 spiro atoms. The lowest BCUT2D eigenvalue weighted by Crippen LogP contribution is -1.91. The summed E-state index contributed by atoms with van der Waals surface area (Å²) in [6.07, 6.45) is 0. The molecule has 0 amide bonds. The third-order valence-electron chi connectivity index (χ3n) is 2.58. The molecule has 0 aliphatic carbocycles. The van der Waals surface area contributed by atoms with Crippen LogP contribution < -0.4 is 9.47 Å². The van der Waals surface area contributed by atoms with E-state index in [1.165, 1.54) is 7.11 Å². The van der Waals surface area contributed by atoms with Gasteiger partial charge >= 0.3 is 0 Å². The summed E-state index contributed by atoms with van der Waals surface area (Å²) in [6.45, 7) is 0. The van der Waals surface area contributed by atoms with Gasteiger partial charge in [0.15, 0.2) is 11.5 Å². The number of nitrogens with zero attached hydrogens (tertiary/aromatic N) is 2. The first kappa shape index (κ1) is 13.9. The highest BCUT2D eigenvalue weighted by Crippen LogP contribution is 2.33. The van der Waals surface area contributed by atoms with Crippen LogP contribution in [0.4, 0.5) is 0 Å². The molecule has 0 saturated heterocycles. The van der Waals surface area contributed by atoms with Crippen LogP contribution in [0.3, 0.4) is 0 Å². The Bertz CT molecular complexity index is 730. The van der Waals surface area contributed by atoms with Crippen molar-refractivity contribution in [1.29, 1.82) is 10.5 Å². The number of nitriles is 2. The van der Waals surface area contributed by atoms with E-state index in [9.17, 15) is 0 Å². The summed E-state index contributed by atoms with van der Waals surface area (Å²) >= 11 is 3.30. The van der Waals surface area contributed by atoms with E-state index in [-0.39, 0.29) is 0 Å². The number of rotatable bonds is 3. The zero-order valence-electron chi connectivity index (χ0n) is 10.6. The highest BCUT2D eigenvalue weighted by Gasteiger charge is 2.08. The number of methoxy groups -OCH3 is 1. The van der Waals surface area contributed by atoms with E-state index in [2.05, 4.69) is 22.0 Å². The largest absolute Gasteiger partial charge is 0.493 e. The molecular weight excluding hydrogens is 320 g/mol. The molecule has 0 aliphatic rings. The van der Waals surface area contributed by atoms with E-state index in [0.29, 0.717) is 32.8 Å². The van der Waals surface area contributed by atoms with Gasteiger partial charge in [0.05, 0.1) is 24.3 Å². The Hall–Kier alpha value is -2.50. The van der Waals surface area contributed by atoms with Crippen LogP contribution in [-0.2, 0) is 0 Å². The summed E-state index contributed by atoms with van der Waals surface area (Å²) < 4.78 is 11.6. The van der Waals surface area contributed by atoms with Crippen LogP contribution in [0.5, 0.6) is 17.2 Å². The topological polar surface area (TPSA) is 66.0 Å². The van der Waals surface area contributed by atoms with Crippen LogP contribution in [0.2, 0.25) is 0 Å². The van der Waals surface area contributed by atoms with E-state index in [1.807, 2.05) is 6.07 Å². The Balaban J connectivity index is 2.33. The van der Waals surface area contributed by atoms with Crippen molar-refractivity contribution in [1.82, 2.24) is 0 Å². The van der Waals surface area contributed by atoms with Crippen molar-refractivity contribution in [2.45, 2.75) is 0 Å². The van der Waals surface area contributed by atoms with Crippen LogP contribution in [0.1, 0.15) is 11.1 Å². The van der Waals surface area contributed by atoms with Crippen molar-refractivity contribution < 1.29 is 9.47 Å². The Kier molecular flexibility index (Phi) is 4.24. The van der Waals surface area contributed by atoms with E-state index in [1.54, 1.807) is 36.4 Å². The maximum Gasteiger partial charge on any atom is 0.169 e. The second-order valence-electron chi connectivity index (χ2n) is 3.83. The van der Waals surface area contributed by atoms with Gasteiger partial charge in [-0.2, -0.15) is 10.5 Å². The number of halogens is 1. The molecule has 2 aromatic rings. The SMILES string of the molecule is COc1cc(C#N)ccc1Oc1ccc(C#N)c(Br)c1. The van der Waals surface area contributed by atoms with E-state index < -0.39 is 0 Å². The number of hydrogen-bond donors (Lipinski definition) is 0. The monoisotopic (exact) mass is 328 g/mol. The zero-order chi connectivity index (χ0) is 14.5. The number of benzene rings is 2. The van der Waals surface area contributed by atoms with Gasteiger partial charge in [0.2, 0.25) is 0 Å². The molecule has 0 saturated carbocycles. The van der Waals surface area contributed by atoms with Gasteiger partial charge in [0.25, 0.3) is 0 Å². The molecule has 0 bridgehead atoms. The quantitative estimate of drug-likeness (QED) is 0.854. The van der Waals surface area contributed by atoms with Gasteiger partial charge < -0.3 is 9.47 Å². The third-order valence-corrected chi connectivity index (χ3v) is 3.24. The Morgan fingerprint density at radius 1 is 1.00 bits per heavy atom. The van der Waals surface area contributed by atoms with Crippen molar-refractivity contribution in [2.24, 2.45) is 0 Å². The average Bonchev–Trinajstić information content (AvgIpc) is 2.48. The first-order valence-electron chi connectivity index (χ1n) is 5.63. The van der Waals surface area contributed by atoms with Gasteiger partial charge in [-0.1, -0.05) is 0 Å². The molecule has 0 atom stereocenters. The molecule has 0 aliphatic heterocycles. The smallest absolute Gasteiger partial charge is 0.169 e. The highest BCUT2D eigenvalue weighted by molar-refractivity contribution is 9.10. The van der Waals surface area contributed by atoms with Gasteiger partial charge in [0.1, 0.15) is 11.8 Å². The number of ether oxygens (including phenoxy) is 2. The molecule has 5 heteroatoms. The molecule has 0 radical (unpaired) electrons. The molecule has 0 N–H and O–H groups in total. The van der Waals surface area contributed by atoms with Gasteiger partial charge in [-0.05, 0) is 46.3 Å². The summed E-state index contributed by atoms with van der Waals surface area (Å²) in [5, 5.41) is 17.7. The van der Waals surface area contributed by atoms with Crippen molar-refractivity contribution in [3.8, 4) is 29.4 Å². The summed E-state index contributed by atoms with van der Waals surface area (Å²) in [7, 11) is 1.51. The first-order chi connectivity index (χ1) is 9.67. The van der Waals surface area contributed by atoms with Gasteiger partial charge in [-0.25, -0.2) is 0 Å². The Labute approximate surface area is 124 Å². The molecule has 20 heavy (non-hydrogen) atoms. The van der Waals surface area contributed by atoms with Gasteiger partial charge in [-0.15, -0.1) is 0 Å². The maximum atomic E-state index is 8.87. The van der Waals surface area contributed by atoms with Crippen LogP contribution in [0, 0.1) is 22.7 Å². The van der Waals surface area contributed by atoms with Crippen molar-refractivity contribution in [2.75, 3.05) is 7.11 Å². The average molecular weight is 329 g/mol. The van der Waals surface area contributed by atoms with Crippen LogP contribution in [-0.4, -0.2) is 7.11 Å². The molecule has 2 aromatic carbocycles. The lowest BCUT2D eigenvalue weighted by Gasteiger charge is -2.11. The van der Waals surface area contributed by atoms with E-state index in [4.69, 9.17) is 20.0 Å². The summed E-state index contributed by atoms with van der Waals surface area (Å²) in [5.74, 6) is 1.55. The summed E-state index contributed by atoms with van der Waals surface area (Å²) in [6, 6.07) is 14.1. The Morgan fingerprint density at radius 2 is 1.80 bits per heavy atom. The van der Waals surface area contributed by atoms with Crippen molar-refractivity contribution >= 4 is 15.9 Å². The second kappa shape index (κ2) is 6.10. The molecule has 0 unspecified atom stereocenters. The lowest BCUT2D eigenvalue weighted by molar-refractivity contribution is 0.378. The van der Waals surface area contributed by atoms with Crippen LogP contribution in [0.15, 0.2) is 40.9 Å². The summed E-state index contributed by atoms with van der Waals surface area (Å²) in [5.41, 5.74) is 1.03. The molecule has 0 aromatic heterocycles. The van der Waals surface area contributed by atoms with E-state index in [0.717, 1.165) is 0 Å². The van der Waals surface area contributed by atoms with Crippen LogP contribution >= 0.6 is 15.9 Å². The van der Waals surface area contributed by atoms with Crippen molar-refractivity contribution in [3.63, 3.8) is 0 Å². The predicted molar refractivity (Wildman–Crippen MR) is 76.6 cm³/mol. The predicted octanol–water partition coefficient (Wildman–Crippen LogP) is 3.99. The zero-order valence-corrected chi connectivity index (χ0v) is 12.1. The minimum atomic E-state index is 0.476. The molecule has 0 fully saturated rings. The fourth-order valence-electron chi connectivity index (χ4n) is 1.60. The fourth-order valence-corrected chi connectivity index (χ4v) is 2.04. The van der Waals surface area contributed by atoms with Crippen LogP contribution in [0.25, 0.3) is 0 Å². The normalized spacial score (nSPS) is 9.40. The molecular formula is C15H9BrN2O2. The molecule has 4 nitrogen and oxygen atoms in total. The third kappa shape index (κ3) is 2.90. The summed E-state index contributed by atoms with van der Waals surface area (Å²) in [4.78, 5) is 0. The van der Waals surface area contributed by atoms with Crippen molar-refractivity contribution in [3.05, 3.63) is 52.0 Å². The molecule has 2 rings (SSSR count).